The molecule has 30 heavy (non-hydrogen) atoms. The number of carbonyl (C=O) groups excluding carboxylic acids is 1. The molecule has 7 nitrogen and oxygen atoms in total. The molecule has 0 saturated heterocycles. The fourth-order valence-corrected chi connectivity index (χ4v) is 5.30. The molecule has 0 bridgehead atoms. The summed E-state index contributed by atoms with van der Waals surface area (Å²) in [6.07, 6.45) is 2.47. The summed E-state index contributed by atoms with van der Waals surface area (Å²) in [6, 6.07) is 8.67. The minimum absolute atomic E-state index is 0.0469. The molecule has 2 aromatic heterocycles. The van der Waals surface area contributed by atoms with Crippen LogP contribution in [0.15, 0.2) is 52.6 Å². The number of nitrogens with zero attached hydrogens (tertiary/aromatic N) is 4. The Morgan fingerprint density at radius 3 is 2.47 bits per heavy atom. The van der Waals surface area contributed by atoms with Crippen molar-refractivity contribution in [2.75, 3.05) is 18.8 Å². The van der Waals surface area contributed by atoms with Crippen LogP contribution in [-0.2, 0) is 10.0 Å². The number of pyridine rings is 1. The molecule has 0 amide bonds. The van der Waals surface area contributed by atoms with Gasteiger partial charge in [-0.3, -0.25) is 9.20 Å². The van der Waals surface area contributed by atoms with Crippen molar-refractivity contribution in [2.24, 2.45) is 0 Å². The number of rotatable bonds is 10. The van der Waals surface area contributed by atoms with E-state index in [1.807, 2.05) is 0 Å². The molecule has 0 atom stereocenters. The van der Waals surface area contributed by atoms with Crippen molar-refractivity contribution in [1.82, 2.24) is 18.9 Å². The van der Waals surface area contributed by atoms with Gasteiger partial charge in [0.05, 0.1) is 4.90 Å². The summed E-state index contributed by atoms with van der Waals surface area (Å²) in [5, 5.41) is 8.77. The van der Waals surface area contributed by atoms with E-state index in [1.54, 1.807) is 24.3 Å². The largest absolute Gasteiger partial charge is 0.294 e. The Morgan fingerprint density at radius 1 is 1.10 bits per heavy atom. The van der Waals surface area contributed by atoms with Gasteiger partial charge in [0.25, 0.3) is 0 Å². The van der Waals surface area contributed by atoms with Crippen LogP contribution in [0, 0.1) is 5.82 Å². The fourth-order valence-electron chi connectivity index (χ4n) is 2.99. The van der Waals surface area contributed by atoms with Crippen LogP contribution in [0.3, 0.4) is 0 Å². The van der Waals surface area contributed by atoms with Crippen molar-refractivity contribution in [3.05, 3.63) is 54.0 Å². The zero-order valence-corrected chi connectivity index (χ0v) is 18.4. The lowest BCUT2D eigenvalue weighted by Gasteiger charge is -2.18. The third-order valence-corrected chi connectivity index (χ3v) is 7.70. The summed E-state index contributed by atoms with van der Waals surface area (Å²) in [6.45, 7) is 4.38. The van der Waals surface area contributed by atoms with E-state index in [-0.39, 0.29) is 16.5 Å². The minimum atomic E-state index is -3.58. The Morgan fingerprint density at radius 2 is 1.80 bits per heavy atom. The number of Topliss-reactive ketones (excluding diaryl/α,β-unsaturated/α-hetero) is 1. The van der Waals surface area contributed by atoms with Crippen LogP contribution >= 0.6 is 11.8 Å². The number of benzene rings is 1. The first-order valence-electron chi connectivity index (χ1n) is 9.63. The highest BCUT2D eigenvalue weighted by molar-refractivity contribution is 7.99. The van der Waals surface area contributed by atoms with E-state index in [0.29, 0.717) is 48.1 Å². The normalized spacial score (nSPS) is 12.0. The fraction of sp³-hybridized carbons (Fsp3) is 0.350. The first kappa shape index (κ1) is 22.4. The average molecular weight is 451 g/mol. The summed E-state index contributed by atoms with van der Waals surface area (Å²) in [5.74, 6) is 0.193. The summed E-state index contributed by atoms with van der Waals surface area (Å²) < 4.78 is 41.5. The molecule has 0 unspecified atom stereocenters. The third kappa shape index (κ3) is 4.88. The Bertz CT molecular complexity index is 1130. The van der Waals surface area contributed by atoms with Crippen LogP contribution in [0.1, 0.15) is 37.0 Å². The maximum atomic E-state index is 13.0. The number of hydrogen-bond acceptors (Lipinski definition) is 6. The third-order valence-electron chi connectivity index (χ3n) is 4.63. The molecule has 1 aromatic carbocycles. The van der Waals surface area contributed by atoms with E-state index in [1.165, 1.54) is 52.6 Å². The van der Waals surface area contributed by atoms with Crippen molar-refractivity contribution in [3.63, 3.8) is 0 Å². The number of halogens is 1. The van der Waals surface area contributed by atoms with Gasteiger partial charge >= 0.3 is 0 Å². The molecule has 0 radical (unpaired) electrons. The quantitative estimate of drug-likeness (QED) is 0.266. The van der Waals surface area contributed by atoms with Crippen LogP contribution < -0.4 is 0 Å². The number of thioether (sulfide) groups is 1. The second kappa shape index (κ2) is 9.67. The zero-order chi connectivity index (χ0) is 21.7. The van der Waals surface area contributed by atoms with Gasteiger partial charge in [-0.25, -0.2) is 12.8 Å². The lowest BCUT2D eigenvalue weighted by molar-refractivity contribution is 0.0982. The highest BCUT2D eigenvalue weighted by atomic mass is 32.2. The van der Waals surface area contributed by atoms with Gasteiger partial charge in [0.2, 0.25) is 10.0 Å². The summed E-state index contributed by atoms with van der Waals surface area (Å²) >= 11 is 1.40. The van der Waals surface area contributed by atoms with Crippen molar-refractivity contribution in [2.45, 2.75) is 36.7 Å². The maximum absolute atomic E-state index is 13.0. The number of sulfonamides is 1. The van der Waals surface area contributed by atoms with Crippen LogP contribution in [-0.4, -0.2) is 51.9 Å². The van der Waals surface area contributed by atoms with Gasteiger partial charge in [-0.2, -0.15) is 4.31 Å². The van der Waals surface area contributed by atoms with Crippen LogP contribution in [0.25, 0.3) is 5.65 Å². The van der Waals surface area contributed by atoms with Gasteiger partial charge in [0, 0.05) is 37.0 Å². The smallest absolute Gasteiger partial charge is 0.244 e. The van der Waals surface area contributed by atoms with Gasteiger partial charge in [0.15, 0.2) is 16.6 Å². The number of ketones is 1. The molecule has 0 aliphatic heterocycles. The second-order valence-electron chi connectivity index (χ2n) is 6.55. The first-order chi connectivity index (χ1) is 14.4. The lowest BCUT2D eigenvalue weighted by Crippen LogP contribution is -2.30. The number of fused-ring (bicyclic) bond motifs is 1. The number of aromatic nitrogens is 3. The van der Waals surface area contributed by atoms with E-state index in [2.05, 4.69) is 10.2 Å². The maximum Gasteiger partial charge on any atom is 0.244 e. The highest BCUT2D eigenvalue weighted by Gasteiger charge is 2.22. The van der Waals surface area contributed by atoms with Gasteiger partial charge in [-0.15, -0.1) is 10.2 Å². The molecule has 0 fully saturated rings. The summed E-state index contributed by atoms with van der Waals surface area (Å²) in [5.41, 5.74) is 1.04. The van der Waals surface area contributed by atoms with E-state index in [0.717, 1.165) is 0 Å². The average Bonchev–Trinajstić information content (AvgIpc) is 3.14. The molecular weight excluding hydrogens is 427 g/mol. The predicted octanol–water partition coefficient (Wildman–Crippen LogP) is 3.65. The Labute approximate surface area is 179 Å². The topological polar surface area (TPSA) is 84.6 Å². The second-order valence-corrected chi connectivity index (χ2v) is 9.55. The van der Waals surface area contributed by atoms with Gasteiger partial charge < -0.3 is 0 Å². The van der Waals surface area contributed by atoms with E-state index < -0.39 is 10.0 Å². The zero-order valence-electron chi connectivity index (χ0n) is 16.8. The molecule has 0 aliphatic carbocycles. The van der Waals surface area contributed by atoms with Crippen molar-refractivity contribution in [1.29, 1.82) is 0 Å². The first-order valence-corrected chi connectivity index (χ1v) is 12.1. The van der Waals surface area contributed by atoms with Gasteiger partial charge in [0.1, 0.15) is 5.82 Å². The molecule has 3 rings (SSSR count). The van der Waals surface area contributed by atoms with E-state index in [4.69, 9.17) is 0 Å². The molecule has 3 aromatic rings. The number of carbonyl (C=O) groups is 1. The van der Waals surface area contributed by atoms with E-state index >= 15 is 0 Å². The van der Waals surface area contributed by atoms with Crippen LogP contribution in [0.4, 0.5) is 4.39 Å². The Hall–Kier alpha value is -2.30. The molecule has 0 aliphatic rings. The Kier molecular flexibility index (Phi) is 7.22. The van der Waals surface area contributed by atoms with Crippen molar-refractivity contribution in [3.8, 4) is 0 Å². The summed E-state index contributed by atoms with van der Waals surface area (Å²) in [4.78, 5) is 12.4. The van der Waals surface area contributed by atoms with Gasteiger partial charge in [-0.05, 0) is 42.8 Å². The van der Waals surface area contributed by atoms with Crippen molar-refractivity contribution >= 4 is 33.2 Å². The SMILES string of the molecule is CCN(CC)S(=O)(=O)c1ccc2nnc(SCCCC(=O)c3ccc(F)cc3)n2c1. The predicted molar refractivity (Wildman–Crippen MR) is 114 cm³/mol. The molecular formula is C20H23FN4O3S2. The van der Waals surface area contributed by atoms with E-state index in [9.17, 15) is 17.6 Å². The molecule has 10 heteroatoms. The molecule has 2 heterocycles. The molecule has 0 N–H and O–H groups in total. The van der Waals surface area contributed by atoms with Crippen molar-refractivity contribution < 1.29 is 17.6 Å². The van der Waals surface area contributed by atoms with Crippen LogP contribution in [0.2, 0.25) is 0 Å². The summed E-state index contributed by atoms with van der Waals surface area (Å²) in [7, 11) is -3.58. The minimum Gasteiger partial charge on any atom is -0.294 e. The molecule has 160 valence electrons. The highest BCUT2D eigenvalue weighted by Crippen LogP contribution is 2.22. The number of hydrogen-bond donors (Lipinski definition) is 0. The monoisotopic (exact) mass is 450 g/mol. The standard InChI is InChI=1S/C20H23FN4O3S2/c1-3-24(4-2)30(27,28)17-11-12-19-22-23-20(25(19)14-17)29-13-5-6-18(26)15-7-9-16(21)10-8-15/h7-12,14H,3-6,13H2,1-2H3. The Balaban J connectivity index is 1.66. The van der Waals surface area contributed by atoms with Crippen LogP contribution in [0.5, 0.6) is 0 Å². The lowest BCUT2D eigenvalue weighted by atomic mass is 10.1. The molecule has 0 spiro atoms. The molecule has 0 saturated carbocycles. The van der Waals surface area contributed by atoms with Gasteiger partial charge in [-0.1, -0.05) is 25.6 Å².